The lowest BCUT2D eigenvalue weighted by Gasteiger charge is -2.24. The molecule has 100 valence electrons. The van der Waals surface area contributed by atoms with E-state index in [-0.39, 0.29) is 6.04 Å². The van der Waals surface area contributed by atoms with E-state index in [4.69, 9.17) is 5.73 Å². The van der Waals surface area contributed by atoms with Gasteiger partial charge in [0.05, 0.1) is 0 Å². The molecule has 0 aliphatic carbocycles. The van der Waals surface area contributed by atoms with Crippen LogP contribution in [0.15, 0.2) is 24.3 Å². The standard InChI is InChI=1S/C16H26N2/c1-13-6-4-9-18(10-8-13)12-16(17)15-7-3-5-14(2)11-15/h3,5,7,11,13,16H,4,6,8-10,12,17H2,1-2H3. The SMILES string of the molecule is Cc1cccc(C(N)CN2CCCC(C)CC2)c1. The number of likely N-dealkylation sites (tertiary alicyclic amines) is 1. The van der Waals surface area contributed by atoms with Gasteiger partial charge in [-0.05, 0) is 50.8 Å². The van der Waals surface area contributed by atoms with Crippen molar-refractivity contribution in [3.8, 4) is 0 Å². The number of benzene rings is 1. The van der Waals surface area contributed by atoms with Crippen LogP contribution in [0.5, 0.6) is 0 Å². The average molecular weight is 246 g/mol. The molecule has 2 unspecified atom stereocenters. The molecule has 0 saturated carbocycles. The smallest absolute Gasteiger partial charge is 0.0424 e. The van der Waals surface area contributed by atoms with Crippen molar-refractivity contribution in [1.82, 2.24) is 4.90 Å². The van der Waals surface area contributed by atoms with Gasteiger partial charge in [0.1, 0.15) is 0 Å². The molecule has 2 rings (SSSR count). The Balaban J connectivity index is 1.92. The van der Waals surface area contributed by atoms with Gasteiger partial charge in [-0.15, -0.1) is 0 Å². The van der Waals surface area contributed by atoms with E-state index in [0.717, 1.165) is 12.5 Å². The van der Waals surface area contributed by atoms with Crippen LogP contribution in [0.4, 0.5) is 0 Å². The molecule has 1 aliphatic heterocycles. The fraction of sp³-hybridized carbons (Fsp3) is 0.625. The molecule has 2 heteroatoms. The monoisotopic (exact) mass is 246 g/mol. The summed E-state index contributed by atoms with van der Waals surface area (Å²) in [6, 6.07) is 8.75. The van der Waals surface area contributed by atoms with Gasteiger partial charge < -0.3 is 10.6 Å². The molecule has 2 atom stereocenters. The van der Waals surface area contributed by atoms with Crippen LogP contribution in [0, 0.1) is 12.8 Å². The van der Waals surface area contributed by atoms with Gasteiger partial charge in [0.2, 0.25) is 0 Å². The maximum atomic E-state index is 6.34. The molecule has 2 N–H and O–H groups in total. The second-order valence-electron chi connectivity index (χ2n) is 5.86. The zero-order chi connectivity index (χ0) is 13.0. The first-order valence-electron chi connectivity index (χ1n) is 7.19. The van der Waals surface area contributed by atoms with Crippen molar-refractivity contribution in [3.63, 3.8) is 0 Å². The molecule has 0 amide bonds. The van der Waals surface area contributed by atoms with Crippen LogP contribution >= 0.6 is 0 Å². The number of nitrogens with two attached hydrogens (primary N) is 1. The summed E-state index contributed by atoms with van der Waals surface area (Å²) in [5, 5.41) is 0. The zero-order valence-electron chi connectivity index (χ0n) is 11.7. The molecule has 1 aromatic carbocycles. The molecule has 1 fully saturated rings. The Bertz CT molecular complexity index is 375. The Labute approximate surface area is 111 Å². The molecule has 1 heterocycles. The minimum atomic E-state index is 0.151. The summed E-state index contributed by atoms with van der Waals surface area (Å²) < 4.78 is 0. The third kappa shape index (κ3) is 3.82. The largest absolute Gasteiger partial charge is 0.323 e. The number of hydrogen-bond donors (Lipinski definition) is 1. The maximum Gasteiger partial charge on any atom is 0.0424 e. The number of hydrogen-bond acceptors (Lipinski definition) is 2. The normalized spacial score (nSPS) is 23.6. The average Bonchev–Trinajstić information content (AvgIpc) is 2.54. The molecule has 1 aromatic rings. The maximum absolute atomic E-state index is 6.34. The fourth-order valence-electron chi connectivity index (χ4n) is 2.79. The minimum absolute atomic E-state index is 0.151. The lowest BCUT2D eigenvalue weighted by Crippen LogP contribution is -2.33. The second kappa shape index (κ2) is 6.35. The van der Waals surface area contributed by atoms with E-state index in [9.17, 15) is 0 Å². The van der Waals surface area contributed by atoms with Crippen molar-refractivity contribution in [3.05, 3.63) is 35.4 Å². The third-order valence-corrected chi connectivity index (χ3v) is 4.03. The van der Waals surface area contributed by atoms with E-state index in [0.29, 0.717) is 0 Å². The van der Waals surface area contributed by atoms with Crippen molar-refractivity contribution in [2.75, 3.05) is 19.6 Å². The Kier molecular flexibility index (Phi) is 4.79. The van der Waals surface area contributed by atoms with Gasteiger partial charge in [-0.25, -0.2) is 0 Å². The van der Waals surface area contributed by atoms with Gasteiger partial charge in [-0.3, -0.25) is 0 Å². The van der Waals surface area contributed by atoms with Crippen molar-refractivity contribution in [2.45, 2.75) is 39.2 Å². The molecule has 2 nitrogen and oxygen atoms in total. The van der Waals surface area contributed by atoms with Gasteiger partial charge in [0.15, 0.2) is 0 Å². The summed E-state index contributed by atoms with van der Waals surface area (Å²) in [7, 11) is 0. The predicted octanol–water partition coefficient (Wildman–Crippen LogP) is 3.12. The predicted molar refractivity (Wildman–Crippen MR) is 77.6 cm³/mol. The molecule has 0 bridgehead atoms. The highest BCUT2D eigenvalue weighted by Crippen LogP contribution is 2.19. The van der Waals surface area contributed by atoms with Crippen molar-refractivity contribution < 1.29 is 0 Å². The van der Waals surface area contributed by atoms with Crippen LogP contribution in [0.1, 0.15) is 43.4 Å². The lowest BCUT2D eigenvalue weighted by atomic mass is 10.0. The fourth-order valence-corrected chi connectivity index (χ4v) is 2.79. The highest BCUT2D eigenvalue weighted by atomic mass is 15.1. The van der Waals surface area contributed by atoms with Crippen LogP contribution < -0.4 is 5.73 Å². The van der Waals surface area contributed by atoms with E-state index >= 15 is 0 Å². The molecule has 1 aliphatic rings. The highest BCUT2D eigenvalue weighted by molar-refractivity contribution is 5.25. The summed E-state index contributed by atoms with van der Waals surface area (Å²) >= 11 is 0. The van der Waals surface area contributed by atoms with E-state index in [2.05, 4.69) is 43.0 Å². The molecule has 0 radical (unpaired) electrons. The molecular formula is C16H26N2. The second-order valence-corrected chi connectivity index (χ2v) is 5.86. The van der Waals surface area contributed by atoms with Crippen LogP contribution in [0.3, 0.4) is 0 Å². The van der Waals surface area contributed by atoms with Crippen LogP contribution in [-0.4, -0.2) is 24.5 Å². The quantitative estimate of drug-likeness (QED) is 0.888. The first kappa shape index (κ1) is 13.6. The Morgan fingerprint density at radius 1 is 1.33 bits per heavy atom. The van der Waals surface area contributed by atoms with Crippen molar-refractivity contribution >= 4 is 0 Å². The van der Waals surface area contributed by atoms with Gasteiger partial charge in [0, 0.05) is 12.6 Å². The zero-order valence-corrected chi connectivity index (χ0v) is 11.7. The van der Waals surface area contributed by atoms with Gasteiger partial charge in [-0.2, -0.15) is 0 Å². The Morgan fingerprint density at radius 2 is 2.17 bits per heavy atom. The summed E-state index contributed by atoms with van der Waals surface area (Å²) in [6.45, 7) is 7.91. The van der Waals surface area contributed by atoms with Gasteiger partial charge in [-0.1, -0.05) is 36.8 Å². The van der Waals surface area contributed by atoms with Crippen LogP contribution in [0.25, 0.3) is 0 Å². The minimum Gasteiger partial charge on any atom is -0.323 e. The number of nitrogens with zero attached hydrogens (tertiary/aromatic N) is 1. The van der Waals surface area contributed by atoms with Crippen LogP contribution in [0.2, 0.25) is 0 Å². The van der Waals surface area contributed by atoms with Crippen molar-refractivity contribution in [2.24, 2.45) is 11.7 Å². The van der Waals surface area contributed by atoms with Crippen LogP contribution in [-0.2, 0) is 0 Å². The lowest BCUT2D eigenvalue weighted by molar-refractivity contribution is 0.265. The van der Waals surface area contributed by atoms with E-state index in [1.807, 2.05) is 0 Å². The summed E-state index contributed by atoms with van der Waals surface area (Å²) in [6.07, 6.45) is 4.01. The first-order valence-corrected chi connectivity index (χ1v) is 7.19. The Hall–Kier alpha value is -0.860. The Morgan fingerprint density at radius 3 is 2.94 bits per heavy atom. The summed E-state index contributed by atoms with van der Waals surface area (Å²) in [4.78, 5) is 2.54. The highest BCUT2D eigenvalue weighted by Gasteiger charge is 2.16. The topological polar surface area (TPSA) is 29.3 Å². The van der Waals surface area contributed by atoms with E-state index < -0.39 is 0 Å². The van der Waals surface area contributed by atoms with Crippen molar-refractivity contribution in [1.29, 1.82) is 0 Å². The molecule has 1 saturated heterocycles. The number of rotatable bonds is 3. The van der Waals surface area contributed by atoms with Gasteiger partial charge >= 0.3 is 0 Å². The summed E-state index contributed by atoms with van der Waals surface area (Å²) in [5.74, 6) is 0.880. The molecule has 0 spiro atoms. The molecule has 0 aromatic heterocycles. The summed E-state index contributed by atoms with van der Waals surface area (Å²) in [5.41, 5.74) is 8.91. The first-order chi connectivity index (χ1) is 8.65. The third-order valence-electron chi connectivity index (χ3n) is 4.03. The van der Waals surface area contributed by atoms with Gasteiger partial charge in [0.25, 0.3) is 0 Å². The number of aryl methyl sites for hydroxylation is 1. The molecular weight excluding hydrogens is 220 g/mol. The van der Waals surface area contributed by atoms with E-state index in [1.165, 1.54) is 43.5 Å². The molecule has 18 heavy (non-hydrogen) atoms. The van der Waals surface area contributed by atoms with E-state index in [1.54, 1.807) is 0 Å².